The molecule has 0 aliphatic carbocycles. The average molecular weight is 1180 g/mol. The van der Waals surface area contributed by atoms with Gasteiger partial charge in [-0.05, 0) is 119 Å². The van der Waals surface area contributed by atoms with Crippen molar-refractivity contribution in [1.29, 1.82) is 10.7 Å². The first-order valence-electron chi connectivity index (χ1n) is 18.3. The van der Waals surface area contributed by atoms with Gasteiger partial charge in [-0.3, -0.25) is 10.2 Å². The SMILES string of the molecule is CC(=O)Cc1nc([C@H](C)Oc2ccc(Br)cc2F)ns1.C[C@@H](C#N)Oc1ccc(Br)cc1F.C[C@H](Oc1ccc(Br)cc1F)C(=N)N.C[C@H](Oc1ccc(Br)cc1F)c1nsc(N)n1. The van der Waals surface area contributed by atoms with Gasteiger partial charge in [-0.25, -0.2) is 22.5 Å². The van der Waals surface area contributed by atoms with Gasteiger partial charge < -0.3 is 30.4 Å². The highest BCUT2D eigenvalue weighted by molar-refractivity contribution is 9.11. The van der Waals surface area contributed by atoms with Crippen molar-refractivity contribution in [1.82, 2.24) is 18.7 Å². The van der Waals surface area contributed by atoms with Crippen molar-refractivity contribution >= 4 is 104 Å². The molecule has 0 saturated heterocycles. The molecule has 6 aromatic rings. The molecule has 0 unspecified atom stereocenters. The predicted octanol–water partition coefficient (Wildman–Crippen LogP) is 12.0. The standard InChI is InChI=1S/C13H12BrFN2O2S.C10H9BrFN3OS.C9H10BrFN2O.C9H7BrFNO/c1-7(18)5-12-16-13(17-20-12)8(2)19-11-4-3-9(14)6-10(11)15;1-5(9-14-10(13)17-15-9)16-8-3-2-6(11)4-7(8)12;1-5(9(12)13)14-8-3-2-6(10)4-7(8)11;1-6(5-12)13-9-3-2-7(10)4-8(9)11/h3-4,6,8H,5H2,1-2H3;2-5H,1H3,(H2,13,14,15);2-5H,1H3,(H3,12,13);2-4,6H,1H3/t8-;2*5-;6-/m0000/s1. The number of nitrogens with one attached hydrogen (secondary N) is 1. The number of nitrogens with zero attached hydrogens (tertiary/aromatic N) is 5. The van der Waals surface area contributed by atoms with E-state index in [2.05, 4.69) is 82.4 Å². The van der Waals surface area contributed by atoms with E-state index in [9.17, 15) is 22.4 Å². The van der Waals surface area contributed by atoms with E-state index in [1.807, 2.05) is 6.07 Å². The van der Waals surface area contributed by atoms with Gasteiger partial charge in [0, 0.05) is 29.4 Å². The summed E-state index contributed by atoms with van der Waals surface area (Å²) in [4.78, 5) is 19.2. The number of hydrogen-bond donors (Lipinski definition) is 3. The number of anilines is 1. The molecule has 0 aliphatic heterocycles. The summed E-state index contributed by atoms with van der Waals surface area (Å²) in [6.07, 6.45) is -1.93. The lowest BCUT2D eigenvalue weighted by molar-refractivity contribution is -0.116. The number of ketones is 1. The van der Waals surface area contributed by atoms with E-state index < -0.39 is 47.7 Å². The Balaban J connectivity index is 0.000000230. The first kappa shape index (κ1) is 53.6. The fourth-order valence-electron chi connectivity index (χ4n) is 4.37. The second-order valence-corrected chi connectivity index (χ2v) is 18.1. The Morgan fingerprint density at radius 1 is 0.688 bits per heavy atom. The maximum Gasteiger partial charge on any atom is 0.200 e. The molecule has 64 heavy (non-hydrogen) atoms. The van der Waals surface area contributed by atoms with Crippen molar-refractivity contribution in [3.05, 3.63) is 131 Å². The minimum atomic E-state index is -0.643. The van der Waals surface area contributed by atoms with Gasteiger partial charge in [0.2, 0.25) is 0 Å². The lowest BCUT2D eigenvalue weighted by atomic mass is 10.3. The average Bonchev–Trinajstić information content (AvgIpc) is 3.88. The number of Topliss-reactive ketones (excluding diaryl/α,β-unsaturated/α-hetero) is 1. The summed E-state index contributed by atoms with van der Waals surface area (Å²) in [5.41, 5.74) is 10.7. The number of hydrogen-bond acceptors (Lipinski definition) is 14. The number of nitrogens with two attached hydrogens (primary N) is 2. The quantitative estimate of drug-likeness (QED) is 0.0561. The summed E-state index contributed by atoms with van der Waals surface area (Å²) >= 11 is 14.9. The van der Waals surface area contributed by atoms with E-state index in [1.165, 1.54) is 43.3 Å². The molecule has 13 nitrogen and oxygen atoms in total. The van der Waals surface area contributed by atoms with E-state index in [4.69, 9.17) is 41.1 Å². The molecule has 0 bridgehead atoms. The molecular weight excluding hydrogens is 1140 g/mol. The Morgan fingerprint density at radius 3 is 1.41 bits per heavy atom. The summed E-state index contributed by atoms with van der Waals surface area (Å²) in [5, 5.41) is 16.5. The highest BCUT2D eigenvalue weighted by atomic mass is 79.9. The van der Waals surface area contributed by atoms with Crippen LogP contribution in [0, 0.1) is 40.0 Å². The van der Waals surface area contributed by atoms with Gasteiger partial charge in [0.05, 0.1) is 6.42 Å². The molecule has 6 rings (SSSR count). The molecular formula is C41H38Br4F4N8O5S2. The van der Waals surface area contributed by atoms with Gasteiger partial charge in [0.1, 0.15) is 22.7 Å². The number of ether oxygens (including phenoxy) is 4. The summed E-state index contributed by atoms with van der Waals surface area (Å²) in [6, 6.07) is 19.9. The number of carbonyl (C=O) groups is 1. The Bertz CT molecular complexity index is 2550. The van der Waals surface area contributed by atoms with Crippen molar-refractivity contribution in [2.45, 2.75) is 65.5 Å². The van der Waals surface area contributed by atoms with Gasteiger partial charge in [-0.1, -0.05) is 63.7 Å². The largest absolute Gasteiger partial charge is 0.480 e. The molecule has 340 valence electrons. The number of carbonyl (C=O) groups excluding carboxylic acids is 1. The maximum atomic E-state index is 13.7. The monoisotopic (exact) mass is 1180 g/mol. The molecule has 2 heterocycles. The summed E-state index contributed by atoms with van der Waals surface area (Å²) in [7, 11) is 0. The van der Waals surface area contributed by atoms with Crippen LogP contribution in [0.4, 0.5) is 22.7 Å². The third-order valence-corrected chi connectivity index (χ3v) is 10.7. The van der Waals surface area contributed by atoms with Crippen molar-refractivity contribution in [2.24, 2.45) is 5.73 Å². The molecule has 0 radical (unpaired) electrons. The van der Waals surface area contributed by atoms with Gasteiger partial charge in [-0.15, -0.1) is 0 Å². The zero-order valence-electron chi connectivity index (χ0n) is 34.2. The summed E-state index contributed by atoms with van der Waals surface area (Å²) in [5.74, 6) is -0.550. The topological polar surface area (TPSA) is 205 Å². The third-order valence-electron chi connectivity index (χ3n) is 7.48. The molecule has 2 aromatic heterocycles. The Hall–Kier alpha value is -4.73. The molecule has 23 heteroatoms. The zero-order chi connectivity index (χ0) is 47.7. The van der Waals surface area contributed by atoms with Crippen molar-refractivity contribution in [2.75, 3.05) is 5.73 Å². The molecule has 4 aromatic carbocycles. The number of halogens is 8. The molecule has 0 spiro atoms. The van der Waals surface area contributed by atoms with E-state index >= 15 is 0 Å². The number of nitriles is 1. The number of benzene rings is 4. The minimum absolute atomic E-state index is 0.0280. The highest BCUT2D eigenvalue weighted by Crippen LogP contribution is 2.28. The van der Waals surface area contributed by atoms with Crippen LogP contribution in [-0.4, -0.2) is 42.5 Å². The summed E-state index contributed by atoms with van der Waals surface area (Å²) in [6.45, 7) is 8.12. The Labute approximate surface area is 407 Å². The second kappa shape index (κ2) is 26.3. The summed E-state index contributed by atoms with van der Waals surface area (Å²) < 4.78 is 85.2. The lowest BCUT2D eigenvalue weighted by Gasteiger charge is -2.13. The minimum Gasteiger partial charge on any atom is -0.480 e. The van der Waals surface area contributed by atoms with Gasteiger partial charge in [0.25, 0.3) is 0 Å². The molecule has 0 amide bonds. The fraction of sp³-hybridized carbons (Fsp3) is 0.244. The van der Waals surface area contributed by atoms with Crippen LogP contribution in [-0.2, 0) is 11.2 Å². The van der Waals surface area contributed by atoms with Gasteiger partial charge >= 0.3 is 0 Å². The number of amidine groups is 1. The second-order valence-electron chi connectivity index (χ2n) is 12.8. The van der Waals surface area contributed by atoms with Crippen LogP contribution in [0.25, 0.3) is 0 Å². The van der Waals surface area contributed by atoms with Crippen LogP contribution in [0.3, 0.4) is 0 Å². The van der Waals surface area contributed by atoms with Gasteiger partial charge in [-0.2, -0.15) is 19.0 Å². The lowest BCUT2D eigenvalue weighted by Crippen LogP contribution is -2.30. The van der Waals surface area contributed by atoms with Crippen LogP contribution in [0.1, 0.15) is 63.5 Å². The Kier molecular flexibility index (Phi) is 22.0. The number of aromatic nitrogens is 4. The highest BCUT2D eigenvalue weighted by Gasteiger charge is 2.18. The van der Waals surface area contributed by atoms with Crippen LogP contribution < -0.4 is 30.4 Å². The molecule has 5 N–H and O–H groups in total. The predicted molar refractivity (Wildman–Crippen MR) is 251 cm³/mol. The fourth-order valence-corrected chi connectivity index (χ4v) is 7.00. The number of nitrogen functional groups attached to an aromatic ring is 1. The first-order valence-corrected chi connectivity index (χ1v) is 23.0. The Morgan fingerprint density at radius 2 is 1.06 bits per heavy atom. The van der Waals surface area contributed by atoms with E-state index in [0.717, 1.165) is 23.1 Å². The third kappa shape index (κ3) is 18.4. The van der Waals surface area contributed by atoms with Crippen molar-refractivity contribution < 1.29 is 41.3 Å². The zero-order valence-corrected chi connectivity index (χ0v) is 42.2. The molecule has 4 atom stereocenters. The maximum absolute atomic E-state index is 13.7. The molecule has 0 saturated carbocycles. The normalized spacial score (nSPS) is 12.2. The van der Waals surface area contributed by atoms with Crippen LogP contribution in [0.2, 0.25) is 0 Å². The van der Waals surface area contributed by atoms with Gasteiger partial charge in [0.15, 0.2) is 87.5 Å². The van der Waals surface area contributed by atoms with Crippen molar-refractivity contribution in [3.63, 3.8) is 0 Å². The molecule has 0 aliphatic rings. The van der Waals surface area contributed by atoms with Crippen LogP contribution >= 0.6 is 86.8 Å². The van der Waals surface area contributed by atoms with E-state index in [1.54, 1.807) is 64.1 Å². The smallest absolute Gasteiger partial charge is 0.200 e. The molecule has 0 fully saturated rings. The van der Waals surface area contributed by atoms with Crippen molar-refractivity contribution in [3.8, 4) is 29.1 Å². The first-order chi connectivity index (χ1) is 30.1. The van der Waals surface area contributed by atoms with E-state index in [-0.39, 0.29) is 41.0 Å². The van der Waals surface area contributed by atoms with Crippen LogP contribution in [0.15, 0.2) is 90.7 Å². The van der Waals surface area contributed by atoms with Crippen LogP contribution in [0.5, 0.6) is 23.0 Å². The number of rotatable bonds is 13. The van der Waals surface area contributed by atoms with E-state index in [0.29, 0.717) is 39.7 Å².